The lowest BCUT2D eigenvalue weighted by atomic mass is 9.98. The van der Waals surface area contributed by atoms with Crippen LogP contribution in [0.5, 0.6) is 0 Å². The first-order valence-corrected chi connectivity index (χ1v) is 7.43. The van der Waals surface area contributed by atoms with Crippen LogP contribution in [-0.4, -0.2) is 31.7 Å². The standard InChI is InChI=1S/C14H19N3S/c1-15-9-11-5-4-8-17(10-11)14-16-12-6-2-3-7-13(12)18-14/h2-3,6-7,11,15H,4-5,8-10H2,1H3. The van der Waals surface area contributed by atoms with Gasteiger partial charge < -0.3 is 10.2 Å². The number of hydrogen-bond donors (Lipinski definition) is 1. The number of rotatable bonds is 3. The Labute approximate surface area is 112 Å². The third kappa shape index (κ3) is 2.35. The number of anilines is 1. The van der Waals surface area contributed by atoms with Crippen LogP contribution in [0.25, 0.3) is 10.2 Å². The van der Waals surface area contributed by atoms with Crippen LogP contribution in [0.15, 0.2) is 24.3 Å². The van der Waals surface area contributed by atoms with E-state index in [0.29, 0.717) is 0 Å². The largest absolute Gasteiger partial charge is 0.348 e. The third-order valence-electron chi connectivity index (χ3n) is 3.56. The molecular weight excluding hydrogens is 242 g/mol. The van der Waals surface area contributed by atoms with Gasteiger partial charge in [0.15, 0.2) is 5.13 Å². The Hall–Kier alpha value is -1.13. The molecule has 1 aliphatic heterocycles. The van der Waals surface area contributed by atoms with Crippen molar-refractivity contribution in [2.24, 2.45) is 5.92 Å². The second-order valence-corrected chi connectivity index (χ2v) is 5.99. The summed E-state index contributed by atoms with van der Waals surface area (Å²) >= 11 is 1.82. The van der Waals surface area contributed by atoms with Gasteiger partial charge in [-0.1, -0.05) is 23.5 Å². The normalized spacial score (nSPS) is 20.5. The van der Waals surface area contributed by atoms with Crippen LogP contribution in [0.4, 0.5) is 5.13 Å². The Balaban J connectivity index is 1.80. The van der Waals surface area contributed by atoms with E-state index in [2.05, 4.69) is 34.5 Å². The molecule has 1 aromatic heterocycles. The van der Waals surface area contributed by atoms with Gasteiger partial charge in [-0.2, -0.15) is 0 Å². The lowest BCUT2D eigenvalue weighted by Gasteiger charge is -2.32. The van der Waals surface area contributed by atoms with E-state index in [1.165, 1.54) is 22.7 Å². The van der Waals surface area contributed by atoms with Crippen LogP contribution < -0.4 is 10.2 Å². The van der Waals surface area contributed by atoms with Gasteiger partial charge in [0.25, 0.3) is 0 Å². The van der Waals surface area contributed by atoms with Gasteiger partial charge >= 0.3 is 0 Å². The van der Waals surface area contributed by atoms with Gasteiger partial charge in [0.2, 0.25) is 0 Å². The predicted octanol–water partition coefficient (Wildman–Crippen LogP) is 2.73. The lowest BCUT2D eigenvalue weighted by molar-refractivity contribution is 0.402. The molecule has 1 atom stereocenters. The fraction of sp³-hybridized carbons (Fsp3) is 0.500. The first-order valence-electron chi connectivity index (χ1n) is 6.62. The number of thiazole rings is 1. The van der Waals surface area contributed by atoms with Crippen molar-refractivity contribution in [2.45, 2.75) is 12.8 Å². The van der Waals surface area contributed by atoms with Crippen molar-refractivity contribution in [1.29, 1.82) is 0 Å². The van der Waals surface area contributed by atoms with Gasteiger partial charge in [-0.15, -0.1) is 0 Å². The highest BCUT2D eigenvalue weighted by Gasteiger charge is 2.21. The highest BCUT2D eigenvalue weighted by atomic mass is 32.1. The van der Waals surface area contributed by atoms with E-state index in [1.807, 2.05) is 18.4 Å². The number of nitrogens with zero attached hydrogens (tertiary/aromatic N) is 2. The Morgan fingerprint density at radius 2 is 2.33 bits per heavy atom. The van der Waals surface area contributed by atoms with Crippen molar-refractivity contribution in [1.82, 2.24) is 10.3 Å². The number of piperidine rings is 1. The second kappa shape index (κ2) is 5.24. The summed E-state index contributed by atoms with van der Waals surface area (Å²) in [5, 5.41) is 4.48. The molecule has 1 aliphatic rings. The molecule has 1 fully saturated rings. The third-order valence-corrected chi connectivity index (χ3v) is 4.66. The number of nitrogens with one attached hydrogen (secondary N) is 1. The van der Waals surface area contributed by atoms with Crippen molar-refractivity contribution in [3.63, 3.8) is 0 Å². The highest BCUT2D eigenvalue weighted by molar-refractivity contribution is 7.22. The van der Waals surface area contributed by atoms with Crippen molar-refractivity contribution >= 4 is 26.7 Å². The van der Waals surface area contributed by atoms with Crippen molar-refractivity contribution in [3.05, 3.63) is 24.3 Å². The summed E-state index contributed by atoms with van der Waals surface area (Å²) in [5.74, 6) is 0.760. The first-order chi connectivity index (χ1) is 8.86. The number of hydrogen-bond acceptors (Lipinski definition) is 4. The van der Waals surface area contributed by atoms with Gasteiger partial charge in [-0.25, -0.2) is 4.98 Å². The summed E-state index contributed by atoms with van der Waals surface area (Å²) in [6.45, 7) is 3.40. The van der Waals surface area contributed by atoms with Crippen molar-refractivity contribution < 1.29 is 0 Å². The molecule has 1 unspecified atom stereocenters. The molecule has 2 aromatic rings. The summed E-state index contributed by atoms with van der Waals surface area (Å²) < 4.78 is 1.29. The molecule has 0 aliphatic carbocycles. The van der Waals surface area contributed by atoms with E-state index in [4.69, 9.17) is 4.98 Å². The molecule has 3 rings (SSSR count). The van der Waals surface area contributed by atoms with Crippen LogP contribution in [0.1, 0.15) is 12.8 Å². The molecule has 0 spiro atoms. The number of para-hydroxylation sites is 1. The van der Waals surface area contributed by atoms with Crippen LogP contribution in [0.3, 0.4) is 0 Å². The minimum absolute atomic E-state index is 0.760. The number of benzene rings is 1. The van der Waals surface area contributed by atoms with Crippen LogP contribution in [0, 0.1) is 5.92 Å². The van der Waals surface area contributed by atoms with E-state index in [1.54, 1.807) is 0 Å². The maximum absolute atomic E-state index is 4.75. The zero-order valence-corrected chi connectivity index (χ0v) is 11.5. The van der Waals surface area contributed by atoms with Gasteiger partial charge in [0.1, 0.15) is 0 Å². The molecule has 1 N–H and O–H groups in total. The minimum Gasteiger partial charge on any atom is -0.348 e. The van der Waals surface area contributed by atoms with Crippen LogP contribution >= 0.6 is 11.3 Å². The average molecular weight is 261 g/mol. The zero-order chi connectivity index (χ0) is 12.4. The van der Waals surface area contributed by atoms with Crippen molar-refractivity contribution in [3.8, 4) is 0 Å². The Morgan fingerprint density at radius 1 is 1.44 bits per heavy atom. The summed E-state index contributed by atoms with van der Waals surface area (Å²) in [6, 6.07) is 8.41. The average Bonchev–Trinajstić information content (AvgIpc) is 2.83. The molecule has 96 valence electrons. The monoisotopic (exact) mass is 261 g/mol. The summed E-state index contributed by atoms with van der Waals surface area (Å²) in [4.78, 5) is 7.21. The first kappa shape index (κ1) is 11.9. The van der Waals surface area contributed by atoms with Gasteiger partial charge in [0.05, 0.1) is 10.2 Å². The second-order valence-electron chi connectivity index (χ2n) is 4.98. The van der Waals surface area contributed by atoms with Crippen molar-refractivity contribution in [2.75, 3.05) is 31.6 Å². The Kier molecular flexibility index (Phi) is 3.48. The fourth-order valence-corrected chi connectivity index (χ4v) is 3.69. The number of aromatic nitrogens is 1. The maximum atomic E-state index is 4.75. The molecule has 1 saturated heterocycles. The number of fused-ring (bicyclic) bond motifs is 1. The molecule has 4 heteroatoms. The predicted molar refractivity (Wildman–Crippen MR) is 78.5 cm³/mol. The van der Waals surface area contributed by atoms with Crippen LogP contribution in [0.2, 0.25) is 0 Å². The molecule has 0 saturated carbocycles. The molecule has 3 nitrogen and oxygen atoms in total. The molecule has 2 heterocycles. The molecule has 0 bridgehead atoms. The quantitative estimate of drug-likeness (QED) is 0.921. The summed E-state index contributed by atoms with van der Waals surface area (Å²) in [7, 11) is 2.04. The molecular formula is C14H19N3S. The van der Waals surface area contributed by atoms with E-state index >= 15 is 0 Å². The van der Waals surface area contributed by atoms with E-state index in [-0.39, 0.29) is 0 Å². The molecule has 18 heavy (non-hydrogen) atoms. The lowest BCUT2D eigenvalue weighted by Crippen LogP contribution is -2.39. The molecule has 1 aromatic carbocycles. The van der Waals surface area contributed by atoms with Crippen LogP contribution in [-0.2, 0) is 0 Å². The maximum Gasteiger partial charge on any atom is 0.186 e. The Bertz CT molecular complexity index is 487. The summed E-state index contributed by atoms with van der Waals surface area (Å²) in [6.07, 6.45) is 2.62. The molecule has 0 amide bonds. The van der Waals surface area contributed by atoms with E-state index < -0.39 is 0 Å². The van der Waals surface area contributed by atoms with Gasteiger partial charge in [-0.3, -0.25) is 0 Å². The molecule has 0 radical (unpaired) electrons. The Morgan fingerprint density at radius 3 is 3.17 bits per heavy atom. The SMILES string of the molecule is CNCC1CCCN(c2nc3ccccc3s2)C1. The zero-order valence-electron chi connectivity index (χ0n) is 10.7. The fourth-order valence-electron chi connectivity index (χ4n) is 2.69. The van der Waals surface area contributed by atoms with Gasteiger partial charge in [-0.05, 0) is 44.5 Å². The summed E-state index contributed by atoms with van der Waals surface area (Å²) in [5.41, 5.74) is 1.13. The van der Waals surface area contributed by atoms with Gasteiger partial charge in [0, 0.05) is 13.1 Å². The van der Waals surface area contributed by atoms with E-state index in [0.717, 1.165) is 31.1 Å². The van der Waals surface area contributed by atoms with E-state index in [9.17, 15) is 0 Å². The smallest absolute Gasteiger partial charge is 0.186 e. The highest BCUT2D eigenvalue weighted by Crippen LogP contribution is 2.31. The topological polar surface area (TPSA) is 28.2 Å². The minimum atomic E-state index is 0.760.